The smallest absolute Gasteiger partial charge is 0.262 e. The van der Waals surface area contributed by atoms with Crippen molar-refractivity contribution in [2.75, 3.05) is 5.32 Å². The zero-order chi connectivity index (χ0) is 21.2. The van der Waals surface area contributed by atoms with Crippen molar-refractivity contribution in [2.45, 2.75) is 26.0 Å². The molecule has 0 aliphatic carbocycles. The molecule has 0 aliphatic heterocycles. The predicted molar refractivity (Wildman–Crippen MR) is 125 cm³/mol. The number of para-hydroxylation sites is 2. The van der Waals surface area contributed by atoms with E-state index in [1.165, 1.54) is 0 Å². The fourth-order valence-corrected chi connectivity index (χ4v) is 3.29. The number of amides is 1. The molecule has 154 valence electrons. The molecule has 6 heteroatoms. The van der Waals surface area contributed by atoms with Crippen LogP contribution in [0.2, 0.25) is 0 Å². The summed E-state index contributed by atoms with van der Waals surface area (Å²) >= 11 is 3.47. The molecule has 3 aromatic carbocycles. The lowest BCUT2D eigenvalue weighted by atomic mass is 10.2. The third-order valence-corrected chi connectivity index (χ3v) is 4.91. The number of carbonyl (C=O) groups is 1. The molecule has 0 saturated carbocycles. The summed E-state index contributed by atoms with van der Waals surface area (Å²) in [5.41, 5.74) is 5.36. The second-order valence-corrected chi connectivity index (χ2v) is 7.58. The number of hydrazone groups is 1. The first-order chi connectivity index (χ1) is 14.7. The maximum absolute atomic E-state index is 12.5. The van der Waals surface area contributed by atoms with Crippen LogP contribution in [0, 0.1) is 0 Å². The molecule has 0 spiro atoms. The molecule has 30 heavy (non-hydrogen) atoms. The van der Waals surface area contributed by atoms with Crippen LogP contribution in [0.5, 0.6) is 5.75 Å². The topological polar surface area (TPSA) is 62.7 Å². The Morgan fingerprint density at radius 1 is 1.07 bits per heavy atom. The molecule has 0 heterocycles. The molecule has 3 rings (SSSR count). The van der Waals surface area contributed by atoms with Crippen molar-refractivity contribution in [3.05, 3.63) is 94.5 Å². The highest BCUT2D eigenvalue weighted by molar-refractivity contribution is 9.10. The maximum atomic E-state index is 12.5. The van der Waals surface area contributed by atoms with E-state index in [4.69, 9.17) is 4.74 Å². The van der Waals surface area contributed by atoms with Crippen molar-refractivity contribution in [1.29, 1.82) is 0 Å². The number of nitrogens with one attached hydrogen (secondary N) is 2. The Kier molecular flexibility index (Phi) is 8.03. The van der Waals surface area contributed by atoms with Crippen LogP contribution in [0.15, 0.2) is 88.4 Å². The number of ether oxygens (including phenoxy) is 1. The summed E-state index contributed by atoms with van der Waals surface area (Å²) in [5, 5.41) is 7.35. The van der Waals surface area contributed by atoms with Gasteiger partial charge in [0.2, 0.25) is 0 Å². The standard InChI is InChI=1S/C24H24BrN3O2/c1-2-22(27-21-12-4-3-5-13-21)24(29)28-26-16-19-10-6-7-14-23(19)30-17-18-9-8-11-20(25)15-18/h3-16,22,27H,2,17H2,1H3,(H,28,29)/b26-16-/t22-/m1/s1. The number of halogens is 1. The summed E-state index contributed by atoms with van der Waals surface area (Å²) in [6.07, 6.45) is 2.24. The van der Waals surface area contributed by atoms with E-state index in [-0.39, 0.29) is 11.9 Å². The van der Waals surface area contributed by atoms with Gasteiger partial charge >= 0.3 is 0 Å². The highest BCUT2D eigenvalue weighted by Crippen LogP contribution is 2.19. The molecule has 0 bridgehead atoms. The van der Waals surface area contributed by atoms with Crippen molar-refractivity contribution in [2.24, 2.45) is 5.10 Å². The Labute approximate surface area is 185 Å². The van der Waals surface area contributed by atoms with Crippen LogP contribution in [-0.4, -0.2) is 18.2 Å². The van der Waals surface area contributed by atoms with Gasteiger partial charge in [-0.1, -0.05) is 65.3 Å². The molecular formula is C24H24BrN3O2. The summed E-state index contributed by atoms with van der Waals surface area (Å²) in [6, 6.07) is 24.8. The Balaban J connectivity index is 1.59. The molecule has 0 saturated heterocycles. The highest BCUT2D eigenvalue weighted by Gasteiger charge is 2.15. The number of benzene rings is 3. The fraction of sp³-hybridized carbons (Fsp3) is 0.167. The van der Waals surface area contributed by atoms with Crippen LogP contribution in [0.3, 0.4) is 0 Å². The summed E-state index contributed by atoms with van der Waals surface area (Å²) in [4.78, 5) is 12.5. The maximum Gasteiger partial charge on any atom is 0.262 e. The van der Waals surface area contributed by atoms with E-state index in [2.05, 4.69) is 31.8 Å². The summed E-state index contributed by atoms with van der Waals surface area (Å²) in [6.45, 7) is 2.39. The number of carbonyl (C=O) groups excluding carboxylic acids is 1. The van der Waals surface area contributed by atoms with E-state index < -0.39 is 0 Å². The third kappa shape index (κ3) is 6.46. The number of nitrogens with zero attached hydrogens (tertiary/aromatic N) is 1. The molecule has 3 aromatic rings. The molecule has 5 nitrogen and oxygen atoms in total. The largest absolute Gasteiger partial charge is 0.488 e. The molecule has 1 amide bonds. The van der Waals surface area contributed by atoms with Crippen molar-refractivity contribution < 1.29 is 9.53 Å². The predicted octanol–water partition coefficient (Wildman–Crippen LogP) is 5.37. The lowest BCUT2D eigenvalue weighted by Gasteiger charge is -2.16. The lowest BCUT2D eigenvalue weighted by molar-refractivity contribution is -0.121. The molecular weight excluding hydrogens is 442 g/mol. The van der Waals surface area contributed by atoms with Crippen LogP contribution in [0.1, 0.15) is 24.5 Å². The van der Waals surface area contributed by atoms with Gasteiger partial charge in [0.25, 0.3) is 5.91 Å². The zero-order valence-corrected chi connectivity index (χ0v) is 18.3. The quantitative estimate of drug-likeness (QED) is 0.329. The van der Waals surface area contributed by atoms with E-state index >= 15 is 0 Å². The van der Waals surface area contributed by atoms with Crippen LogP contribution in [-0.2, 0) is 11.4 Å². The minimum atomic E-state index is -0.368. The second kappa shape index (κ2) is 11.2. The van der Waals surface area contributed by atoms with Gasteiger partial charge in [-0.3, -0.25) is 4.79 Å². The Hall–Kier alpha value is -3.12. The van der Waals surface area contributed by atoms with Gasteiger partial charge in [0.05, 0.1) is 6.21 Å². The average Bonchev–Trinajstić information content (AvgIpc) is 2.77. The molecule has 1 atom stereocenters. The minimum absolute atomic E-state index is 0.190. The van der Waals surface area contributed by atoms with Crippen molar-refractivity contribution >= 4 is 33.7 Å². The Morgan fingerprint density at radius 2 is 1.83 bits per heavy atom. The van der Waals surface area contributed by atoms with Crippen LogP contribution < -0.4 is 15.5 Å². The van der Waals surface area contributed by atoms with Gasteiger partial charge in [0, 0.05) is 15.7 Å². The first kappa shape index (κ1) is 21.6. The average molecular weight is 466 g/mol. The van der Waals surface area contributed by atoms with Crippen molar-refractivity contribution in [3.8, 4) is 5.75 Å². The van der Waals surface area contributed by atoms with E-state index in [9.17, 15) is 4.79 Å². The number of anilines is 1. The van der Waals surface area contributed by atoms with Gasteiger partial charge in [-0.05, 0) is 48.4 Å². The fourth-order valence-electron chi connectivity index (χ4n) is 2.84. The molecule has 0 unspecified atom stereocenters. The lowest BCUT2D eigenvalue weighted by Crippen LogP contribution is -2.36. The third-order valence-electron chi connectivity index (χ3n) is 4.42. The molecule has 0 aromatic heterocycles. The number of hydrogen-bond acceptors (Lipinski definition) is 4. The Morgan fingerprint density at radius 3 is 2.60 bits per heavy atom. The van der Waals surface area contributed by atoms with Gasteiger partial charge in [-0.25, -0.2) is 5.43 Å². The van der Waals surface area contributed by atoms with E-state index in [1.54, 1.807) is 6.21 Å². The van der Waals surface area contributed by atoms with Crippen LogP contribution >= 0.6 is 15.9 Å². The molecule has 0 fully saturated rings. The van der Waals surface area contributed by atoms with Crippen LogP contribution in [0.25, 0.3) is 0 Å². The summed E-state index contributed by atoms with van der Waals surface area (Å²) < 4.78 is 6.96. The van der Waals surface area contributed by atoms with Gasteiger partial charge in [0.15, 0.2) is 0 Å². The van der Waals surface area contributed by atoms with E-state index in [0.29, 0.717) is 18.8 Å². The zero-order valence-electron chi connectivity index (χ0n) is 16.7. The Bertz CT molecular complexity index is 993. The first-order valence-electron chi connectivity index (χ1n) is 9.76. The SMILES string of the molecule is CC[C@@H](Nc1ccccc1)C(=O)N/N=C\c1ccccc1OCc1cccc(Br)c1. The number of rotatable bonds is 9. The highest BCUT2D eigenvalue weighted by atomic mass is 79.9. The van der Waals surface area contributed by atoms with E-state index in [1.807, 2.05) is 85.8 Å². The van der Waals surface area contributed by atoms with Gasteiger partial charge in [0.1, 0.15) is 18.4 Å². The number of hydrogen-bond donors (Lipinski definition) is 2. The summed E-state index contributed by atoms with van der Waals surface area (Å²) in [5.74, 6) is 0.509. The summed E-state index contributed by atoms with van der Waals surface area (Å²) in [7, 11) is 0. The van der Waals surface area contributed by atoms with Gasteiger partial charge in [-0.2, -0.15) is 5.10 Å². The van der Waals surface area contributed by atoms with Gasteiger partial charge in [-0.15, -0.1) is 0 Å². The van der Waals surface area contributed by atoms with Crippen molar-refractivity contribution in [1.82, 2.24) is 5.43 Å². The molecule has 2 N–H and O–H groups in total. The molecule has 0 aliphatic rings. The second-order valence-electron chi connectivity index (χ2n) is 6.66. The monoisotopic (exact) mass is 465 g/mol. The van der Waals surface area contributed by atoms with Gasteiger partial charge < -0.3 is 10.1 Å². The minimum Gasteiger partial charge on any atom is -0.488 e. The molecule has 0 radical (unpaired) electrons. The normalized spacial score (nSPS) is 11.8. The van der Waals surface area contributed by atoms with E-state index in [0.717, 1.165) is 21.3 Å². The van der Waals surface area contributed by atoms with Crippen LogP contribution in [0.4, 0.5) is 5.69 Å². The van der Waals surface area contributed by atoms with Crippen molar-refractivity contribution in [3.63, 3.8) is 0 Å². The first-order valence-corrected chi connectivity index (χ1v) is 10.6.